The van der Waals surface area contributed by atoms with Gasteiger partial charge in [0.05, 0.1) is 12.0 Å². The smallest absolute Gasteiger partial charge is 0.242 e. The Morgan fingerprint density at radius 2 is 1.88 bits per heavy atom. The fourth-order valence-electron chi connectivity index (χ4n) is 5.97. The molecule has 5 heterocycles. The summed E-state index contributed by atoms with van der Waals surface area (Å²) < 4.78 is 1.85. The van der Waals surface area contributed by atoms with Crippen LogP contribution in [0.3, 0.4) is 0 Å². The molecule has 3 aromatic heterocycles. The molecule has 202 valence electrons. The lowest BCUT2D eigenvalue weighted by Gasteiger charge is -2.42. The fourth-order valence-corrected chi connectivity index (χ4v) is 6.83. The van der Waals surface area contributed by atoms with Gasteiger partial charge in [-0.1, -0.05) is 42.5 Å². The maximum atomic E-state index is 13.3. The normalized spacial score (nSPS) is 17.3. The van der Waals surface area contributed by atoms with Gasteiger partial charge in [-0.3, -0.25) is 4.79 Å². The minimum absolute atomic E-state index is 0.104. The first kappa shape index (κ1) is 24.8. The summed E-state index contributed by atoms with van der Waals surface area (Å²) in [5.41, 5.74) is 7.83. The van der Waals surface area contributed by atoms with E-state index in [1.807, 2.05) is 27.7 Å². The molecule has 0 aliphatic carbocycles. The SMILES string of the molecule is CC1CN(c2cccc3c2CN(c2nc(-c4ccccc4)cs2)CC3)CCN1C(=O)Cn1cnc2cccnc21. The second kappa shape index (κ2) is 10.4. The van der Waals surface area contributed by atoms with Crippen LogP contribution in [0.1, 0.15) is 18.1 Å². The minimum atomic E-state index is 0.104. The third-order valence-corrected chi connectivity index (χ3v) is 8.95. The molecule has 1 saturated heterocycles. The summed E-state index contributed by atoms with van der Waals surface area (Å²) in [5.74, 6) is 0.108. The van der Waals surface area contributed by atoms with E-state index in [2.05, 4.69) is 74.5 Å². The number of piperazine rings is 1. The maximum Gasteiger partial charge on any atom is 0.242 e. The summed E-state index contributed by atoms with van der Waals surface area (Å²) in [4.78, 5) is 34.0. The molecule has 0 spiro atoms. The van der Waals surface area contributed by atoms with Crippen molar-refractivity contribution in [2.24, 2.45) is 0 Å². The quantitative estimate of drug-likeness (QED) is 0.312. The van der Waals surface area contributed by atoms with Gasteiger partial charge in [0.1, 0.15) is 12.1 Å². The molecule has 0 radical (unpaired) electrons. The molecular formula is C31H31N7OS. The number of aromatic nitrogens is 4. The van der Waals surface area contributed by atoms with Crippen molar-refractivity contribution in [3.63, 3.8) is 0 Å². The van der Waals surface area contributed by atoms with E-state index in [1.165, 1.54) is 16.8 Å². The van der Waals surface area contributed by atoms with Crippen LogP contribution in [-0.4, -0.2) is 62.5 Å². The largest absolute Gasteiger partial charge is 0.367 e. The third kappa shape index (κ3) is 4.60. The van der Waals surface area contributed by atoms with Crippen molar-refractivity contribution in [2.45, 2.75) is 32.5 Å². The standard InChI is InChI=1S/C31H31N7OS/c1-22-17-35(15-16-38(22)29(39)19-37-21-33-26-10-6-13-32-30(26)37)28-11-5-9-23-12-14-36(18-25(23)28)31-34-27(20-40-31)24-7-3-2-4-8-24/h2-11,13,20-22H,12,14-19H2,1H3. The number of pyridine rings is 1. The lowest BCUT2D eigenvalue weighted by molar-refractivity contribution is -0.134. The van der Waals surface area contributed by atoms with Crippen LogP contribution >= 0.6 is 11.3 Å². The molecule has 1 unspecified atom stereocenters. The Hall–Kier alpha value is -4.24. The van der Waals surface area contributed by atoms with Crippen molar-refractivity contribution in [3.05, 3.63) is 89.7 Å². The molecule has 7 rings (SSSR count). The summed E-state index contributed by atoms with van der Waals surface area (Å²) in [6.07, 6.45) is 4.46. The molecule has 5 aromatic rings. The van der Waals surface area contributed by atoms with Crippen LogP contribution in [0, 0.1) is 0 Å². The summed E-state index contributed by atoms with van der Waals surface area (Å²) in [6, 6.07) is 21.0. The maximum absolute atomic E-state index is 13.3. The van der Waals surface area contributed by atoms with Crippen molar-refractivity contribution >= 4 is 39.2 Å². The predicted octanol–water partition coefficient (Wildman–Crippen LogP) is 4.85. The zero-order valence-electron chi connectivity index (χ0n) is 22.5. The van der Waals surface area contributed by atoms with Crippen LogP contribution in [0.25, 0.3) is 22.4 Å². The van der Waals surface area contributed by atoms with Gasteiger partial charge < -0.3 is 19.3 Å². The molecule has 1 amide bonds. The summed E-state index contributed by atoms with van der Waals surface area (Å²) in [7, 11) is 0. The number of carbonyl (C=O) groups excluding carboxylic acids is 1. The monoisotopic (exact) mass is 549 g/mol. The van der Waals surface area contributed by atoms with Crippen LogP contribution in [0.15, 0.2) is 78.6 Å². The van der Waals surface area contributed by atoms with Crippen LogP contribution in [-0.2, 0) is 24.3 Å². The van der Waals surface area contributed by atoms with E-state index in [0.717, 1.165) is 60.2 Å². The lowest BCUT2D eigenvalue weighted by Crippen LogP contribution is -2.55. The van der Waals surface area contributed by atoms with E-state index >= 15 is 0 Å². The Balaban J connectivity index is 1.06. The van der Waals surface area contributed by atoms with Gasteiger partial charge in [0.2, 0.25) is 5.91 Å². The number of nitrogens with zero attached hydrogens (tertiary/aromatic N) is 7. The van der Waals surface area contributed by atoms with Crippen molar-refractivity contribution in [3.8, 4) is 11.3 Å². The van der Waals surface area contributed by atoms with E-state index in [1.54, 1.807) is 23.9 Å². The number of rotatable bonds is 5. The number of hydrogen-bond acceptors (Lipinski definition) is 7. The number of imidazole rings is 1. The van der Waals surface area contributed by atoms with Crippen molar-refractivity contribution < 1.29 is 4.79 Å². The molecule has 40 heavy (non-hydrogen) atoms. The van der Waals surface area contributed by atoms with Gasteiger partial charge in [-0.2, -0.15) is 0 Å². The highest BCUT2D eigenvalue weighted by atomic mass is 32.1. The average molecular weight is 550 g/mol. The van der Waals surface area contributed by atoms with Gasteiger partial charge >= 0.3 is 0 Å². The topological polar surface area (TPSA) is 70.4 Å². The molecule has 2 aliphatic heterocycles. The Kier molecular flexibility index (Phi) is 6.43. The van der Waals surface area contributed by atoms with E-state index in [-0.39, 0.29) is 18.5 Å². The Labute approximate surface area is 237 Å². The number of benzene rings is 2. The van der Waals surface area contributed by atoms with Gasteiger partial charge in [0.25, 0.3) is 0 Å². The summed E-state index contributed by atoms with van der Waals surface area (Å²) >= 11 is 1.72. The van der Waals surface area contributed by atoms with Crippen LogP contribution in [0.2, 0.25) is 0 Å². The van der Waals surface area contributed by atoms with Crippen molar-refractivity contribution in [2.75, 3.05) is 36.0 Å². The first-order chi connectivity index (χ1) is 19.6. The minimum Gasteiger partial charge on any atom is -0.367 e. The second-order valence-corrected chi connectivity index (χ2v) is 11.4. The van der Waals surface area contributed by atoms with Gasteiger partial charge in [-0.25, -0.2) is 15.0 Å². The highest BCUT2D eigenvalue weighted by Gasteiger charge is 2.30. The van der Waals surface area contributed by atoms with E-state index in [9.17, 15) is 4.79 Å². The van der Waals surface area contributed by atoms with Gasteiger partial charge in [0.15, 0.2) is 10.8 Å². The van der Waals surface area contributed by atoms with Crippen LogP contribution in [0.4, 0.5) is 10.8 Å². The molecular weight excluding hydrogens is 518 g/mol. The first-order valence-electron chi connectivity index (χ1n) is 13.8. The van der Waals surface area contributed by atoms with E-state index in [0.29, 0.717) is 6.54 Å². The molecule has 9 heteroatoms. The van der Waals surface area contributed by atoms with Crippen molar-refractivity contribution in [1.82, 2.24) is 24.4 Å². The Morgan fingerprint density at radius 3 is 2.75 bits per heavy atom. The molecule has 1 fully saturated rings. The Morgan fingerprint density at radius 1 is 0.975 bits per heavy atom. The first-order valence-corrected chi connectivity index (χ1v) is 14.7. The molecule has 2 aromatic carbocycles. The van der Waals surface area contributed by atoms with Crippen molar-refractivity contribution in [1.29, 1.82) is 0 Å². The zero-order valence-corrected chi connectivity index (χ0v) is 23.3. The third-order valence-electron chi connectivity index (χ3n) is 8.05. The average Bonchev–Trinajstić information content (AvgIpc) is 3.65. The van der Waals surface area contributed by atoms with Gasteiger partial charge in [-0.15, -0.1) is 11.3 Å². The number of hydrogen-bond donors (Lipinski definition) is 0. The second-order valence-electron chi connectivity index (χ2n) is 10.6. The summed E-state index contributed by atoms with van der Waals surface area (Å²) in [6.45, 7) is 6.53. The number of carbonyl (C=O) groups is 1. The number of thiazole rings is 1. The predicted molar refractivity (Wildman–Crippen MR) is 160 cm³/mol. The molecule has 1 atom stereocenters. The molecule has 0 bridgehead atoms. The molecule has 8 nitrogen and oxygen atoms in total. The fraction of sp³-hybridized carbons (Fsp3) is 0.290. The highest BCUT2D eigenvalue weighted by molar-refractivity contribution is 7.14. The lowest BCUT2D eigenvalue weighted by atomic mass is 9.97. The number of amides is 1. The van der Waals surface area contributed by atoms with E-state index < -0.39 is 0 Å². The summed E-state index contributed by atoms with van der Waals surface area (Å²) in [5, 5.41) is 3.23. The zero-order chi connectivity index (χ0) is 27.1. The number of anilines is 2. The molecule has 0 N–H and O–H groups in total. The number of fused-ring (bicyclic) bond motifs is 2. The highest BCUT2D eigenvalue weighted by Crippen LogP contribution is 2.35. The molecule has 0 saturated carbocycles. The van der Waals surface area contributed by atoms with Gasteiger partial charge in [0, 0.05) is 61.6 Å². The van der Waals surface area contributed by atoms with E-state index in [4.69, 9.17) is 4.98 Å². The van der Waals surface area contributed by atoms with Crippen LogP contribution < -0.4 is 9.80 Å². The van der Waals surface area contributed by atoms with Gasteiger partial charge in [-0.05, 0) is 42.7 Å². The Bertz CT molecular complexity index is 1660. The molecule has 2 aliphatic rings. The van der Waals surface area contributed by atoms with Crippen LogP contribution in [0.5, 0.6) is 0 Å².